The van der Waals surface area contributed by atoms with Crippen molar-refractivity contribution in [1.82, 2.24) is 9.80 Å². The predicted octanol–water partition coefficient (Wildman–Crippen LogP) is 4.58. The van der Waals surface area contributed by atoms with Crippen molar-refractivity contribution in [1.29, 1.82) is 5.26 Å². The number of carbonyl (C=O) groups is 2. The number of amides is 2. The van der Waals surface area contributed by atoms with Crippen molar-refractivity contribution < 1.29 is 18.4 Å². The largest absolute Gasteiger partial charge is 0.339 e. The number of thioether (sulfide) groups is 1. The van der Waals surface area contributed by atoms with E-state index >= 15 is 0 Å². The van der Waals surface area contributed by atoms with Crippen molar-refractivity contribution >= 4 is 35.0 Å². The molecule has 0 saturated carbocycles. The minimum atomic E-state index is -0.522. The fourth-order valence-corrected chi connectivity index (χ4v) is 5.05. The van der Waals surface area contributed by atoms with Crippen molar-refractivity contribution in [2.45, 2.75) is 13.8 Å². The Kier molecular flexibility index (Phi) is 7.22. The molecular weight excluding hydrogens is 470 g/mol. The van der Waals surface area contributed by atoms with E-state index in [0.717, 1.165) is 11.8 Å². The van der Waals surface area contributed by atoms with Crippen LogP contribution in [0.4, 0.5) is 14.5 Å². The molecule has 9 heteroatoms. The van der Waals surface area contributed by atoms with Gasteiger partial charge in [0.15, 0.2) is 0 Å². The lowest BCUT2D eigenvalue weighted by molar-refractivity contribution is -0.139. The summed E-state index contributed by atoms with van der Waals surface area (Å²) in [6.45, 7) is 5.05. The molecule has 2 heterocycles. The zero-order valence-corrected chi connectivity index (χ0v) is 20.2. The number of carbonyl (C=O) groups excluding carboxylic acids is 2. The SMILES string of the molecule is CC(C)C(=O)N1CCN(C(=O)/C(C#N)=C2\SC=C(c3ccc(F)cc3)N2c2ccccc2F)CC1. The molecule has 0 aliphatic carbocycles. The first kappa shape index (κ1) is 24.5. The van der Waals surface area contributed by atoms with Crippen molar-refractivity contribution in [2.75, 3.05) is 31.1 Å². The van der Waals surface area contributed by atoms with E-state index < -0.39 is 17.5 Å². The third kappa shape index (κ3) is 4.93. The molecule has 2 aromatic rings. The van der Waals surface area contributed by atoms with Gasteiger partial charge in [0.1, 0.15) is 28.3 Å². The van der Waals surface area contributed by atoms with Gasteiger partial charge in [0.25, 0.3) is 5.91 Å². The van der Waals surface area contributed by atoms with E-state index in [1.807, 2.05) is 19.9 Å². The maximum atomic E-state index is 14.9. The maximum absolute atomic E-state index is 14.9. The number of hydrogen-bond donors (Lipinski definition) is 0. The van der Waals surface area contributed by atoms with Crippen LogP contribution in [0.1, 0.15) is 19.4 Å². The molecule has 180 valence electrons. The highest BCUT2D eigenvalue weighted by molar-refractivity contribution is 8.06. The average Bonchev–Trinajstić information content (AvgIpc) is 3.29. The third-order valence-corrected chi connectivity index (χ3v) is 6.82. The van der Waals surface area contributed by atoms with Gasteiger partial charge < -0.3 is 9.80 Å². The molecule has 0 aromatic heterocycles. The smallest absolute Gasteiger partial charge is 0.267 e. The van der Waals surface area contributed by atoms with Crippen LogP contribution in [-0.4, -0.2) is 47.8 Å². The molecule has 0 radical (unpaired) electrons. The third-order valence-electron chi connectivity index (χ3n) is 5.87. The van der Waals surface area contributed by atoms with Crippen LogP contribution in [0.15, 0.2) is 64.5 Å². The molecule has 35 heavy (non-hydrogen) atoms. The highest BCUT2D eigenvalue weighted by Gasteiger charge is 2.34. The first-order valence-corrected chi connectivity index (χ1v) is 12.1. The van der Waals surface area contributed by atoms with Crippen molar-refractivity contribution in [3.63, 3.8) is 0 Å². The van der Waals surface area contributed by atoms with Crippen molar-refractivity contribution in [2.24, 2.45) is 5.92 Å². The number of nitriles is 1. The summed E-state index contributed by atoms with van der Waals surface area (Å²) in [6, 6.07) is 13.9. The monoisotopic (exact) mass is 494 g/mol. The number of nitrogens with zero attached hydrogens (tertiary/aromatic N) is 4. The molecule has 4 rings (SSSR count). The molecule has 0 N–H and O–H groups in total. The van der Waals surface area contributed by atoms with Crippen LogP contribution in [0.5, 0.6) is 0 Å². The van der Waals surface area contributed by atoms with E-state index in [1.54, 1.807) is 45.5 Å². The molecule has 1 saturated heterocycles. The molecular formula is C26H24F2N4O2S. The second kappa shape index (κ2) is 10.3. The van der Waals surface area contributed by atoms with Gasteiger partial charge in [0, 0.05) is 37.5 Å². The van der Waals surface area contributed by atoms with Gasteiger partial charge in [-0.15, -0.1) is 0 Å². The van der Waals surface area contributed by atoms with Crippen LogP contribution in [-0.2, 0) is 9.59 Å². The van der Waals surface area contributed by atoms with E-state index in [0.29, 0.717) is 37.4 Å². The zero-order valence-electron chi connectivity index (χ0n) is 19.4. The number of para-hydroxylation sites is 1. The molecule has 0 atom stereocenters. The number of hydrogen-bond acceptors (Lipinski definition) is 5. The fraction of sp³-hybridized carbons (Fsp3) is 0.269. The molecule has 0 unspecified atom stereocenters. The molecule has 2 amide bonds. The van der Waals surface area contributed by atoms with E-state index in [9.17, 15) is 23.6 Å². The number of piperazine rings is 1. The van der Waals surface area contributed by atoms with E-state index in [2.05, 4.69) is 0 Å². The van der Waals surface area contributed by atoms with Crippen molar-refractivity contribution in [3.8, 4) is 6.07 Å². The Balaban J connectivity index is 1.68. The van der Waals surface area contributed by atoms with Crippen LogP contribution >= 0.6 is 11.8 Å². The van der Waals surface area contributed by atoms with E-state index in [-0.39, 0.29) is 28.1 Å². The minimum absolute atomic E-state index is 0.0289. The summed E-state index contributed by atoms with van der Waals surface area (Å²) >= 11 is 1.14. The van der Waals surface area contributed by atoms with Gasteiger partial charge in [0.05, 0.1) is 11.4 Å². The Morgan fingerprint density at radius 1 is 0.971 bits per heavy atom. The van der Waals surface area contributed by atoms with Crippen LogP contribution in [0, 0.1) is 28.9 Å². The summed E-state index contributed by atoms with van der Waals surface area (Å²) in [5, 5.41) is 12.0. The van der Waals surface area contributed by atoms with Crippen molar-refractivity contribution in [3.05, 3.63) is 81.7 Å². The first-order valence-electron chi connectivity index (χ1n) is 11.2. The summed E-state index contributed by atoms with van der Waals surface area (Å²) in [5.74, 6) is -1.50. The lowest BCUT2D eigenvalue weighted by atomic mass is 10.1. The Bertz CT molecular complexity index is 1240. The highest BCUT2D eigenvalue weighted by atomic mass is 32.2. The molecule has 0 spiro atoms. The second-order valence-corrected chi connectivity index (χ2v) is 9.34. The topological polar surface area (TPSA) is 67.6 Å². The minimum Gasteiger partial charge on any atom is -0.339 e. The Morgan fingerprint density at radius 3 is 2.20 bits per heavy atom. The quantitative estimate of drug-likeness (QED) is 0.460. The van der Waals surface area contributed by atoms with Gasteiger partial charge in [-0.25, -0.2) is 8.78 Å². The Hall–Kier alpha value is -3.64. The molecule has 2 aliphatic rings. The van der Waals surface area contributed by atoms with E-state index in [4.69, 9.17) is 0 Å². The standard InChI is InChI=1S/C26H24F2N4O2S/c1-17(2)24(33)30-11-13-31(14-12-30)25(34)20(15-29)26-32(22-6-4-3-5-21(22)28)23(16-35-26)18-7-9-19(27)10-8-18/h3-10,16-17H,11-14H2,1-2H3/b26-20-. The molecule has 0 bridgehead atoms. The summed E-state index contributed by atoms with van der Waals surface area (Å²) in [4.78, 5) is 30.5. The first-order chi connectivity index (χ1) is 16.8. The van der Waals surface area contributed by atoms with E-state index in [1.165, 1.54) is 23.1 Å². The van der Waals surface area contributed by atoms with Gasteiger partial charge >= 0.3 is 0 Å². The maximum Gasteiger partial charge on any atom is 0.267 e. The summed E-state index contributed by atoms with van der Waals surface area (Å²) < 4.78 is 28.4. The van der Waals surface area contributed by atoms with Crippen LogP contribution < -0.4 is 4.90 Å². The summed E-state index contributed by atoms with van der Waals surface area (Å²) in [5.41, 5.74) is 1.21. The molecule has 6 nitrogen and oxygen atoms in total. The summed E-state index contributed by atoms with van der Waals surface area (Å²) in [7, 11) is 0. The highest BCUT2D eigenvalue weighted by Crippen LogP contribution is 2.45. The Morgan fingerprint density at radius 2 is 1.60 bits per heavy atom. The molecule has 2 aromatic carbocycles. The fourth-order valence-electron chi connectivity index (χ4n) is 4.03. The normalized spacial score (nSPS) is 17.4. The van der Waals surface area contributed by atoms with Crippen LogP contribution in [0.2, 0.25) is 0 Å². The lowest BCUT2D eigenvalue weighted by Crippen LogP contribution is -2.52. The zero-order chi connectivity index (χ0) is 25.1. The number of rotatable bonds is 4. The van der Waals surface area contributed by atoms with Gasteiger partial charge in [-0.1, -0.05) is 37.7 Å². The van der Waals surface area contributed by atoms with Gasteiger partial charge in [-0.05, 0) is 42.0 Å². The number of anilines is 1. The average molecular weight is 495 g/mol. The second-order valence-electron chi connectivity index (χ2n) is 8.48. The molecule has 2 aliphatic heterocycles. The van der Waals surface area contributed by atoms with Crippen LogP contribution in [0.25, 0.3) is 5.70 Å². The van der Waals surface area contributed by atoms with Gasteiger partial charge in [-0.3, -0.25) is 14.5 Å². The van der Waals surface area contributed by atoms with Gasteiger partial charge in [-0.2, -0.15) is 5.26 Å². The summed E-state index contributed by atoms with van der Waals surface area (Å²) in [6.07, 6.45) is 0. The Labute approximate surface area is 207 Å². The van der Waals surface area contributed by atoms with Gasteiger partial charge in [0.2, 0.25) is 5.91 Å². The number of halogens is 2. The van der Waals surface area contributed by atoms with Crippen LogP contribution in [0.3, 0.4) is 0 Å². The number of benzene rings is 2. The lowest BCUT2D eigenvalue weighted by Gasteiger charge is -2.36. The predicted molar refractivity (Wildman–Crippen MR) is 131 cm³/mol. The molecule has 1 fully saturated rings.